The van der Waals surface area contributed by atoms with Gasteiger partial charge in [0.25, 0.3) is 5.91 Å². The van der Waals surface area contributed by atoms with Crippen molar-refractivity contribution in [3.63, 3.8) is 0 Å². The Balaban J connectivity index is 1.72. The third-order valence-electron chi connectivity index (χ3n) is 4.97. The molecule has 2 aromatic rings. The van der Waals surface area contributed by atoms with Crippen LogP contribution in [0.5, 0.6) is 0 Å². The van der Waals surface area contributed by atoms with Crippen LogP contribution in [0, 0.1) is 0 Å². The highest BCUT2D eigenvalue weighted by Gasteiger charge is 2.22. The van der Waals surface area contributed by atoms with Crippen molar-refractivity contribution in [2.45, 2.75) is 11.8 Å². The molecular formula is C19H23BrN4O3. The number of hydrogen-bond donors (Lipinski definition) is 0. The number of hydrogen-bond acceptors (Lipinski definition) is 6. The first-order valence-electron chi connectivity index (χ1n) is 9.28. The molecule has 1 aromatic carbocycles. The Kier molecular flexibility index (Phi) is 5.56. The third-order valence-corrected chi connectivity index (χ3v) is 5.47. The molecule has 3 heterocycles. The van der Waals surface area contributed by atoms with Crippen LogP contribution in [-0.2, 0) is 9.47 Å². The zero-order valence-electron chi connectivity index (χ0n) is 15.4. The van der Waals surface area contributed by atoms with E-state index in [1.165, 1.54) is 0 Å². The van der Waals surface area contributed by atoms with Gasteiger partial charge in [0.05, 0.1) is 43.7 Å². The van der Waals surface area contributed by atoms with Gasteiger partial charge in [-0.15, -0.1) is 0 Å². The Hall–Kier alpha value is -1.77. The number of fused-ring (bicyclic) bond motifs is 1. The number of morpholine rings is 2. The van der Waals surface area contributed by atoms with Crippen molar-refractivity contribution in [1.29, 1.82) is 0 Å². The van der Waals surface area contributed by atoms with Crippen molar-refractivity contribution in [3.8, 4) is 0 Å². The molecule has 144 valence electrons. The quantitative estimate of drug-likeness (QED) is 0.690. The Labute approximate surface area is 166 Å². The molecule has 1 amide bonds. The lowest BCUT2D eigenvalue weighted by molar-refractivity contribution is 0.0303. The van der Waals surface area contributed by atoms with Crippen molar-refractivity contribution < 1.29 is 14.3 Å². The van der Waals surface area contributed by atoms with Gasteiger partial charge < -0.3 is 19.3 Å². The molecule has 1 atom stereocenters. The minimum atomic E-state index is 0.0219. The van der Waals surface area contributed by atoms with Gasteiger partial charge >= 0.3 is 0 Å². The summed E-state index contributed by atoms with van der Waals surface area (Å²) in [6, 6.07) is 3.79. The van der Waals surface area contributed by atoms with Gasteiger partial charge in [0.2, 0.25) is 0 Å². The van der Waals surface area contributed by atoms with Gasteiger partial charge in [-0.25, -0.2) is 4.98 Å². The van der Waals surface area contributed by atoms with Crippen LogP contribution in [-0.4, -0.2) is 73.4 Å². The van der Waals surface area contributed by atoms with E-state index in [1.54, 1.807) is 6.20 Å². The number of carbonyl (C=O) groups excluding carboxylic acids is 1. The highest BCUT2D eigenvalue weighted by molar-refractivity contribution is 9.09. The minimum absolute atomic E-state index is 0.0219. The maximum absolute atomic E-state index is 12.9. The molecule has 2 fully saturated rings. The molecule has 2 aliphatic heterocycles. The van der Waals surface area contributed by atoms with Gasteiger partial charge in [-0.3, -0.25) is 9.78 Å². The number of benzene rings is 1. The summed E-state index contributed by atoms with van der Waals surface area (Å²) in [6.45, 7) is 7.49. The minimum Gasteiger partial charge on any atom is -0.378 e. The van der Waals surface area contributed by atoms with Gasteiger partial charge in [-0.05, 0) is 24.6 Å². The molecular weight excluding hydrogens is 412 g/mol. The van der Waals surface area contributed by atoms with Gasteiger partial charge in [-0.2, -0.15) is 0 Å². The number of ether oxygens (including phenoxy) is 2. The van der Waals surface area contributed by atoms with Crippen LogP contribution in [0.3, 0.4) is 0 Å². The van der Waals surface area contributed by atoms with Crippen LogP contribution in [0.2, 0.25) is 0 Å². The van der Waals surface area contributed by atoms with Crippen molar-refractivity contribution in [3.05, 3.63) is 29.5 Å². The molecule has 0 N–H and O–H groups in total. The molecule has 1 aromatic heterocycles. The summed E-state index contributed by atoms with van der Waals surface area (Å²) in [7, 11) is 0. The number of rotatable bonds is 3. The van der Waals surface area contributed by atoms with Crippen molar-refractivity contribution in [1.82, 2.24) is 14.9 Å². The monoisotopic (exact) mass is 434 g/mol. The normalized spacial score (nSPS) is 19.3. The number of carbonyl (C=O) groups is 1. The molecule has 0 bridgehead atoms. The van der Waals surface area contributed by atoms with Crippen LogP contribution in [0.1, 0.15) is 27.7 Å². The molecule has 0 spiro atoms. The predicted octanol–water partition coefficient (Wildman–Crippen LogP) is 2.39. The zero-order valence-corrected chi connectivity index (χ0v) is 16.9. The van der Waals surface area contributed by atoms with Crippen LogP contribution in [0.15, 0.2) is 18.3 Å². The molecule has 2 saturated heterocycles. The smallest absolute Gasteiger partial charge is 0.254 e. The van der Waals surface area contributed by atoms with E-state index < -0.39 is 0 Å². The lowest BCUT2D eigenvalue weighted by Crippen LogP contribution is -2.40. The van der Waals surface area contributed by atoms with E-state index in [-0.39, 0.29) is 10.7 Å². The Bertz CT molecular complexity index is 833. The van der Waals surface area contributed by atoms with Gasteiger partial charge in [0.1, 0.15) is 5.82 Å². The van der Waals surface area contributed by atoms with E-state index in [9.17, 15) is 4.79 Å². The number of nitrogens with zero attached hydrogens (tertiary/aromatic N) is 4. The van der Waals surface area contributed by atoms with Crippen molar-refractivity contribution in [2.24, 2.45) is 0 Å². The fourth-order valence-electron chi connectivity index (χ4n) is 3.45. The number of amides is 1. The number of anilines is 1. The Morgan fingerprint density at radius 1 is 1.11 bits per heavy atom. The van der Waals surface area contributed by atoms with Crippen LogP contribution >= 0.6 is 15.9 Å². The second kappa shape index (κ2) is 8.08. The first kappa shape index (κ1) is 18.6. The topological polar surface area (TPSA) is 67.8 Å². The number of aromatic nitrogens is 2. The molecule has 2 aliphatic rings. The van der Waals surface area contributed by atoms with E-state index in [0.29, 0.717) is 45.1 Å². The van der Waals surface area contributed by atoms with Gasteiger partial charge in [-0.1, -0.05) is 15.9 Å². The van der Waals surface area contributed by atoms with Gasteiger partial charge in [0.15, 0.2) is 0 Å². The average molecular weight is 435 g/mol. The van der Waals surface area contributed by atoms with Crippen molar-refractivity contribution in [2.75, 3.05) is 57.5 Å². The van der Waals surface area contributed by atoms with E-state index >= 15 is 0 Å². The SMILES string of the molecule is CC(Br)c1cc(C(=O)N2CCOCC2)cc2ncc(N3CCOCC3)nc12. The summed E-state index contributed by atoms with van der Waals surface area (Å²) in [4.78, 5) is 26.5. The molecule has 7 nitrogen and oxygen atoms in total. The predicted molar refractivity (Wildman–Crippen MR) is 107 cm³/mol. The summed E-state index contributed by atoms with van der Waals surface area (Å²) in [5, 5.41) is 0. The Morgan fingerprint density at radius 3 is 2.44 bits per heavy atom. The summed E-state index contributed by atoms with van der Waals surface area (Å²) in [6.07, 6.45) is 1.79. The second-order valence-corrected chi connectivity index (χ2v) is 8.15. The fraction of sp³-hybridized carbons (Fsp3) is 0.526. The maximum atomic E-state index is 12.9. The van der Waals surface area contributed by atoms with E-state index in [1.807, 2.05) is 24.0 Å². The van der Waals surface area contributed by atoms with Crippen LogP contribution < -0.4 is 4.90 Å². The molecule has 8 heteroatoms. The average Bonchev–Trinajstić information content (AvgIpc) is 2.73. The first-order chi connectivity index (χ1) is 13.1. The lowest BCUT2D eigenvalue weighted by atomic mass is 10.0. The fourth-order valence-corrected chi connectivity index (χ4v) is 3.80. The van der Waals surface area contributed by atoms with Crippen molar-refractivity contribution >= 4 is 38.7 Å². The van der Waals surface area contributed by atoms with E-state index in [2.05, 4.69) is 25.8 Å². The number of alkyl halides is 1. The molecule has 0 saturated carbocycles. The molecule has 0 aliphatic carbocycles. The summed E-state index contributed by atoms with van der Waals surface area (Å²) in [5.41, 5.74) is 3.21. The van der Waals surface area contributed by atoms with E-state index in [4.69, 9.17) is 14.5 Å². The third kappa shape index (κ3) is 3.93. The van der Waals surface area contributed by atoms with Gasteiger partial charge in [0, 0.05) is 36.6 Å². The highest BCUT2D eigenvalue weighted by atomic mass is 79.9. The second-order valence-electron chi connectivity index (χ2n) is 6.78. The largest absolute Gasteiger partial charge is 0.378 e. The summed E-state index contributed by atoms with van der Waals surface area (Å²) in [5.74, 6) is 0.876. The molecule has 4 rings (SSSR count). The molecule has 0 radical (unpaired) electrons. The molecule has 1 unspecified atom stereocenters. The lowest BCUT2D eigenvalue weighted by Gasteiger charge is -2.28. The summed E-state index contributed by atoms with van der Waals surface area (Å²) < 4.78 is 10.8. The highest BCUT2D eigenvalue weighted by Crippen LogP contribution is 2.31. The van der Waals surface area contributed by atoms with E-state index in [0.717, 1.165) is 35.5 Å². The standard InChI is InChI=1S/C19H23BrN4O3/c1-13(20)15-10-14(19(25)24-4-8-27-9-5-24)11-16-18(15)22-17(12-21-16)23-2-6-26-7-3-23/h10-13H,2-9H2,1H3. The number of halogens is 1. The van der Waals surface area contributed by atoms with Crippen LogP contribution in [0.25, 0.3) is 11.0 Å². The first-order valence-corrected chi connectivity index (χ1v) is 10.2. The molecule has 27 heavy (non-hydrogen) atoms. The van der Waals surface area contributed by atoms with Crippen LogP contribution in [0.4, 0.5) is 5.82 Å². The summed E-state index contributed by atoms with van der Waals surface area (Å²) >= 11 is 3.66. The maximum Gasteiger partial charge on any atom is 0.254 e. The zero-order chi connectivity index (χ0) is 18.8. The Morgan fingerprint density at radius 2 is 1.78 bits per heavy atom.